The molecule has 1 heterocycles. The fourth-order valence-corrected chi connectivity index (χ4v) is 0.839. The molecule has 5 heteroatoms. The highest BCUT2D eigenvalue weighted by Gasteiger charge is 1.90. The number of rotatable bonds is 2. The highest BCUT2D eigenvalue weighted by Crippen LogP contribution is 2.07. The van der Waals surface area contributed by atoms with Gasteiger partial charge in [0.25, 0.3) is 0 Å². The van der Waals surface area contributed by atoms with E-state index in [1.165, 1.54) is 0 Å². The number of nitrogens with zero attached hydrogens (tertiary/aromatic N) is 4. The number of aromatic nitrogens is 1. The van der Waals surface area contributed by atoms with E-state index in [2.05, 4.69) is 30.9 Å². The van der Waals surface area contributed by atoms with Crippen molar-refractivity contribution in [2.24, 2.45) is 5.11 Å². The highest BCUT2D eigenvalue weighted by atomic mass is 79.9. The highest BCUT2D eigenvalue weighted by molar-refractivity contribution is 9.10. The standard InChI is InChI=1S/C6H5BrN4/c7-5-1-2-6(9-3-5)4-10-11-8/h1-3H,4H2. The van der Waals surface area contributed by atoms with Gasteiger partial charge in [0.05, 0.1) is 6.54 Å². The summed E-state index contributed by atoms with van der Waals surface area (Å²) in [6, 6.07) is 3.66. The lowest BCUT2D eigenvalue weighted by molar-refractivity contribution is 0.973. The van der Waals surface area contributed by atoms with Crippen molar-refractivity contribution in [3.63, 3.8) is 0 Å². The van der Waals surface area contributed by atoms with Gasteiger partial charge in [-0.2, -0.15) is 0 Å². The van der Waals surface area contributed by atoms with Crippen molar-refractivity contribution in [3.8, 4) is 0 Å². The first-order valence-corrected chi connectivity index (χ1v) is 3.73. The Kier molecular flexibility index (Phi) is 2.89. The molecule has 0 atom stereocenters. The van der Waals surface area contributed by atoms with E-state index < -0.39 is 0 Å². The molecule has 1 aromatic heterocycles. The van der Waals surface area contributed by atoms with E-state index in [1.807, 2.05) is 6.07 Å². The van der Waals surface area contributed by atoms with Gasteiger partial charge >= 0.3 is 0 Å². The second-order valence-electron chi connectivity index (χ2n) is 1.86. The Balaban J connectivity index is 2.73. The van der Waals surface area contributed by atoms with Crippen molar-refractivity contribution in [3.05, 3.63) is 38.9 Å². The topological polar surface area (TPSA) is 61.7 Å². The van der Waals surface area contributed by atoms with Crippen LogP contribution in [-0.2, 0) is 6.54 Å². The maximum atomic E-state index is 8.00. The maximum Gasteiger partial charge on any atom is 0.0684 e. The molecule has 4 nitrogen and oxygen atoms in total. The van der Waals surface area contributed by atoms with Crippen LogP contribution in [0.25, 0.3) is 10.4 Å². The lowest BCUT2D eigenvalue weighted by Gasteiger charge is -1.92. The Hall–Kier alpha value is -1.06. The van der Waals surface area contributed by atoms with Crippen molar-refractivity contribution in [2.45, 2.75) is 6.54 Å². The van der Waals surface area contributed by atoms with Crippen LogP contribution >= 0.6 is 15.9 Å². The maximum absolute atomic E-state index is 8.00. The molecule has 0 aliphatic heterocycles. The first-order chi connectivity index (χ1) is 5.33. The zero-order valence-corrected chi connectivity index (χ0v) is 7.19. The van der Waals surface area contributed by atoms with Gasteiger partial charge in [-0.1, -0.05) is 5.11 Å². The third kappa shape index (κ3) is 2.57. The van der Waals surface area contributed by atoms with Gasteiger partial charge in [-0.15, -0.1) is 0 Å². The van der Waals surface area contributed by atoms with E-state index in [4.69, 9.17) is 5.53 Å². The van der Waals surface area contributed by atoms with Gasteiger partial charge < -0.3 is 0 Å². The monoisotopic (exact) mass is 212 g/mol. The summed E-state index contributed by atoms with van der Waals surface area (Å²) >= 11 is 3.25. The van der Waals surface area contributed by atoms with E-state index >= 15 is 0 Å². The van der Waals surface area contributed by atoms with Crippen molar-refractivity contribution in [2.75, 3.05) is 0 Å². The van der Waals surface area contributed by atoms with Crippen LogP contribution in [-0.4, -0.2) is 4.98 Å². The first-order valence-electron chi connectivity index (χ1n) is 2.94. The number of halogens is 1. The van der Waals surface area contributed by atoms with Crippen LogP contribution in [0.5, 0.6) is 0 Å². The minimum Gasteiger partial charge on any atom is -0.260 e. The van der Waals surface area contributed by atoms with Crippen LogP contribution in [0.1, 0.15) is 5.69 Å². The van der Waals surface area contributed by atoms with Gasteiger partial charge in [0, 0.05) is 21.3 Å². The number of pyridine rings is 1. The second-order valence-corrected chi connectivity index (χ2v) is 2.77. The van der Waals surface area contributed by atoms with Crippen LogP contribution in [0.3, 0.4) is 0 Å². The van der Waals surface area contributed by atoms with Crippen molar-refractivity contribution >= 4 is 15.9 Å². The van der Waals surface area contributed by atoms with Crippen LogP contribution in [0.4, 0.5) is 0 Å². The minimum atomic E-state index is 0.309. The smallest absolute Gasteiger partial charge is 0.0684 e. The molecular weight excluding hydrogens is 208 g/mol. The third-order valence-corrected chi connectivity index (χ3v) is 1.55. The van der Waals surface area contributed by atoms with E-state index in [9.17, 15) is 0 Å². The van der Waals surface area contributed by atoms with Gasteiger partial charge in [-0.3, -0.25) is 4.98 Å². The normalized spacial score (nSPS) is 8.82. The summed E-state index contributed by atoms with van der Waals surface area (Å²) in [5.41, 5.74) is 8.77. The Morgan fingerprint density at radius 3 is 3.00 bits per heavy atom. The molecular formula is C6H5BrN4. The molecule has 1 rings (SSSR count). The molecule has 0 saturated heterocycles. The molecule has 0 unspecified atom stereocenters. The zero-order chi connectivity index (χ0) is 8.10. The van der Waals surface area contributed by atoms with Crippen molar-refractivity contribution in [1.82, 2.24) is 4.98 Å². The SMILES string of the molecule is [N-]=[N+]=NCc1ccc(Br)cn1. The molecule has 0 N–H and O–H groups in total. The molecule has 0 saturated carbocycles. The molecule has 56 valence electrons. The largest absolute Gasteiger partial charge is 0.260 e. The second kappa shape index (κ2) is 3.95. The summed E-state index contributed by atoms with van der Waals surface area (Å²) in [6.07, 6.45) is 1.67. The van der Waals surface area contributed by atoms with E-state index in [0.29, 0.717) is 6.54 Å². The summed E-state index contributed by atoms with van der Waals surface area (Å²) in [5.74, 6) is 0. The molecule has 0 fully saturated rings. The summed E-state index contributed by atoms with van der Waals surface area (Å²) < 4.78 is 0.919. The Morgan fingerprint density at radius 1 is 1.64 bits per heavy atom. The molecule has 0 bridgehead atoms. The molecule has 0 radical (unpaired) electrons. The Bertz CT molecular complexity index is 275. The molecule has 11 heavy (non-hydrogen) atoms. The van der Waals surface area contributed by atoms with Crippen LogP contribution in [0, 0.1) is 0 Å². The van der Waals surface area contributed by atoms with Crippen LogP contribution in [0.2, 0.25) is 0 Å². The van der Waals surface area contributed by atoms with E-state index in [1.54, 1.807) is 12.3 Å². The summed E-state index contributed by atoms with van der Waals surface area (Å²) in [7, 11) is 0. The van der Waals surface area contributed by atoms with Crippen molar-refractivity contribution < 1.29 is 0 Å². The Morgan fingerprint density at radius 2 is 2.45 bits per heavy atom. The summed E-state index contributed by atoms with van der Waals surface area (Å²) in [4.78, 5) is 6.63. The van der Waals surface area contributed by atoms with Gasteiger partial charge in [-0.25, -0.2) is 0 Å². The Labute approximate surface area is 72.0 Å². The van der Waals surface area contributed by atoms with E-state index in [-0.39, 0.29) is 0 Å². The predicted octanol–water partition coefficient (Wildman–Crippen LogP) is 2.65. The molecule has 1 aromatic rings. The van der Waals surface area contributed by atoms with Gasteiger partial charge in [0.1, 0.15) is 0 Å². The quantitative estimate of drug-likeness (QED) is 0.423. The minimum absolute atomic E-state index is 0.309. The molecule has 0 aliphatic rings. The number of hydrogen-bond acceptors (Lipinski definition) is 2. The number of azide groups is 1. The van der Waals surface area contributed by atoms with Crippen molar-refractivity contribution in [1.29, 1.82) is 0 Å². The van der Waals surface area contributed by atoms with Gasteiger partial charge in [-0.05, 0) is 33.6 Å². The lowest BCUT2D eigenvalue weighted by Crippen LogP contribution is -1.84. The van der Waals surface area contributed by atoms with Crippen LogP contribution < -0.4 is 0 Å². The van der Waals surface area contributed by atoms with Crippen LogP contribution in [0.15, 0.2) is 27.9 Å². The first kappa shape index (κ1) is 8.04. The lowest BCUT2D eigenvalue weighted by atomic mass is 10.4. The number of hydrogen-bond donors (Lipinski definition) is 0. The fraction of sp³-hybridized carbons (Fsp3) is 0.167. The van der Waals surface area contributed by atoms with Gasteiger partial charge in [0.15, 0.2) is 0 Å². The molecule has 0 amide bonds. The molecule has 0 spiro atoms. The summed E-state index contributed by atoms with van der Waals surface area (Å²) in [6.45, 7) is 0.309. The average molecular weight is 213 g/mol. The fourth-order valence-electron chi connectivity index (χ4n) is 0.604. The van der Waals surface area contributed by atoms with E-state index in [0.717, 1.165) is 10.2 Å². The zero-order valence-electron chi connectivity index (χ0n) is 5.61. The molecule has 0 aromatic carbocycles. The molecule has 0 aliphatic carbocycles. The van der Waals surface area contributed by atoms with Gasteiger partial charge in [0.2, 0.25) is 0 Å². The average Bonchev–Trinajstić information content (AvgIpc) is 2.04. The third-order valence-electron chi connectivity index (χ3n) is 1.08. The summed E-state index contributed by atoms with van der Waals surface area (Å²) in [5, 5.41) is 3.37. The predicted molar refractivity (Wildman–Crippen MR) is 44.8 cm³/mol.